The summed E-state index contributed by atoms with van der Waals surface area (Å²) >= 11 is 0. The van der Waals surface area contributed by atoms with Gasteiger partial charge in [0.15, 0.2) is 0 Å². The summed E-state index contributed by atoms with van der Waals surface area (Å²) in [6.07, 6.45) is 0. The lowest BCUT2D eigenvalue weighted by molar-refractivity contribution is -0.0398. The SMILES string of the molecule is c1ccc(OCCOCCOCCOCCOCCOCCOCCOCCOCCOC(c2ccccc2)(c2ccccc2)c2ccccc2)cc1. The standard InChI is InChI=1S/C43H56O10/c1-5-13-39(14-6-1)43(40-15-7-2-8-16-40,41-17-9-3-10-18-41)53-38-36-51-34-32-49-30-28-47-26-24-45-22-21-44-23-25-46-27-29-48-31-33-50-35-37-52-42-19-11-4-12-20-42/h1-20H,21-38H2. The lowest BCUT2D eigenvalue weighted by atomic mass is 9.80. The maximum atomic E-state index is 6.73. The molecule has 0 atom stereocenters. The quantitative estimate of drug-likeness (QED) is 0.0427. The van der Waals surface area contributed by atoms with Gasteiger partial charge in [0, 0.05) is 0 Å². The summed E-state index contributed by atoms with van der Waals surface area (Å²) in [5, 5.41) is 0. The highest BCUT2D eigenvalue weighted by Crippen LogP contribution is 2.40. The van der Waals surface area contributed by atoms with Crippen molar-refractivity contribution in [3.8, 4) is 5.75 Å². The normalized spacial score (nSPS) is 11.5. The van der Waals surface area contributed by atoms with E-state index in [-0.39, 0.29) is 0 Å². The molecule has 0 saturated carbocycles. The van der Waals surface area contributed by atoms with Crippen LogP contribution in [0.15, 0.2) is 121 Å². The molecule has 288 valence electrons. The Hall–Kier alpha value is -3.68. The highest BCUT2D eigenvalue weighted by Gasteiger charge is 2.37. The van der Waals surface area contributed by atoms with Crippen molar-refractivity contribution in [3.05, 3.63) is 138 Å². The molecule has 53 heavy (non-hydrogen) atoms. The van der Waals surface area contributed by atoms with Crippen molar-refractivity contribution in [1.82, 2.24) is 0 Å². The Morgan fingerprint density at radius 2 is 0.509 bits per heavy atom. The maximum absolute atomic E-state index is 6.73. The zero-order chi connectivity index (χ0) is 36.8. The van der Waals surface area contributed by atoms with Crippen molar-refractivity contribution >= 4 is 0 Å². The van der Waals surface area contributed by atoms with Crippen molar-refractivity contribution in [2.45, 2.75) is 5.60 Å². The van der Waals surface area contributed by atoms with Crippen molar-refractivity contribution < 1.29 is 47.4 Å². The number of hydrogen-bond donors (Lipinski definition) is 0. The lowest BCUT2D eigenvalue weighted by Crippen LogP contribution is -2.34. The molecule has 0 aliphatic heterocycles. The molecular weight excluding hydrogens is 676 g/mol. The summed E-state index contributed by atoms with van der Waals surface area (Å²) in [4.78, 5) is 0. The van der Waals surface area contributed by atoms with Crippen LogP contribution in [-0.4, -0.2) is 119 Å². The van der Waals surface area contributed by atoms with Gasteiger partial charge in [-0.3, -0.25) is 0 Å². The van der Waals surface area contributed by atoms with Crippen LogP contribution in [-0.2, 0) is 48.2 Å². The molecule has 0 heterocycles. The largest absolute Gasteiger partial charge is 0.491 e. The van der Waals surface area contributed by atoms with E-state index in [9.17, 15) is 0 Å². The highest BCUT2D eigenvalue weighted by atomic mass is 16.6. The van der Waals surface area contributed by atoms with Gasteiger partial charge in [-0.25, -0.2) is 0 Å². The molecule has 0 aromatic heterocycles. The van der Waals surface area contributed by atoms with Crippen LogP contribution in [0, 0.1) is 0 Å². The molecule has 0 aliphatic rings. The van der Waals surface area contributed by atoms with Gasteiger partial charge in [-0.15, -0.1) is 0 Å². The van der Waals surface area contributed by atoms with E-state index in [4.69, 9.17) is 47.4 Å². The van der Waals surface area contributed by atoms with Gasteiger partial charge in [0.05, 0.1) is 112 Å². The number of ether oxygens (including phenoxy) is 10. The first-order valence-electron chi connectivity index (χ1n) is 18.5. The zero-order valence-electron chi connectivity index (χ0n) is 30.9. The van der Waals surface area contributed by atoms with Gasteiger partial charge in [-0.1, -0.05) is 109 Å². The summed E-state index contributed by atoms with van der Waals surface area (Å²) in [6, 6.07) is 40.7. The smallest absolute Gasteiger partial charge is 0.143 e. The second-order valence-electron chi connectivity index (χ2n) is 11.7. The Bertz CT molecular complexity index is 1300. The fourth-order valence-corrected chi connectivity index (χ4v) is 5.40. The van der Waals surface area contributed by atoms with E-state index >= 15 is 0 Å². The minimum Gasteiger partial charge on any atom is -0.491 e. The van der Waals surface area contributed by atoms with Crippen LogP contribution in [0.4, 0.5) is 0 Å². The van der Waals surface area contributed by atoms with Crippen LogP contribution >= 0.6 is 0 Å². The molecule has 4 aromatic carbocycles. The van der Waals surface area contributed by atoms with Crippen molar-refractivity contribution in [2.24, 2.45) is 0 Å². The third-order valence-corrected chi connectivity index (χ3v) is 7.93. The average molecular weight is 733 g/mol. The van der Waals surface area contributed by atoms with Crippen LogP contribution in [0.2, 0.25) is 0 Å². The summed E-state index contributed by atoms with van der Waals surface area (Å²) in [5.74, 6) is 0.844. The first-order valence-corrected chi connectivity index (χ1v) is 18.5. The second-order valence-corrected chi connectivity index (χ2v) is 11.7. The third-order valence-electron chi connectivity index (χ3n) is 7.93. The van der Waals surface area contributed by atoms with E-state index in [0.29, 0.717) is 119 Å². The van der Waals surface area contributed by atoms with Crippen molar-refractivity contribution in [1.29, 1.82) is 0 Å². The van der Waals surface area contributed by atoms with Crippen molar-refractivity contribution in [3.63, 3.8) is 0 Å². The van der Waals surface area contributed by atoms with Gasteiger partial charge in [0.25, 0.3) is 0 Å². The molecule has 0 spiro atoms. The lowest BCUT2D eigenvalue weighted by Gasteiger charge is -2.36. The molecule has 10 heteroatoms. The highest BCUT2D eigenvalue weighted by molar-refractivity contribution is 5.47. The first kappa shape index (κ1) is 42.1. The van der Waals surface area contributed by atoms with E-state index < -0.39 is 5.60 Å². The van der Waals surface area contributed by atoms with Crippen LogP contribution in [0.1, 0.15) is 16.7 Å². The van der Waals surface area contributed by atoms with Gasteiger partial charge in [-0.2, -0.15) is 0 Å². The third kappa shape index (κ3) is 16.9. The summed E-state index contributed by atoms with van der Waals surface area (Å²) < 4.78 is 57.0. The predicted molar refractivity (Wildman–Crippen MR) is 204 cm³/mol. The molecule has 0 radical (unpaired) electrons. The molecular formula is C43H56O10. The van der Waals surface area contributed by atoms with Crippen LogP contribution in [0.25, 0.3) is 0 Å². The fourth-order valence-electron chi connectivity index (χ4n) is 5.40. The second kappa shape index (κ2) is 27.9. The fraction of sp³-hybridized carbons (Fsp3) is 0.442. The van der Waals surface area contributed by atoms with E-state index in [1.54, 1.807) is 0 Å². The van der Waals surface area contributed by atoms with Gasteiger partial charge in [0.1, 0.15) is 18.0 Å². The predicted octanol–water partition coefficient (Wildman–Crippen LogP) is 6.21. The summed E-state index contributed by atoms with van der Waals surface area (Å²) in [5.41, 5.74) is 2.46. The van der Waals surface area contributed by atoms with Crippen molar-refractivity contribution in [2.75, 3.05) is 119 Å². The molecule has 10 nitrogen and oxygen atoms in total. The topological polar surface area (TPSA) is 92.3 Å². The zero-order valence-corrected chi connectivity index (χ0v) is 30.9. The maximum Gasteiger partial charge on any atom is 0.143 e. The molecule has 0 N–H and O–H groups in total. The van der Waals surface area contributed by atoms with E-state index in [2.05, 4.69) is 36.4 Å². The molecule has 0 saturated heterocycles. The molecule has 0 aliphatic carbocycles. The molecule has 4 rings (SSSR count). The van der Waals surface area contributed by atoms with Crippen LogP contribution in [0.3, 0.4) is 0 Å². The minimum absolute atomic E-state index is 0.417. The molecule has 0 amide bonds. The Balaban J connectivity index is 0.900. The number of para-hydroxylation sites is 1. The van der Waals surface area contributed by atoms with Gasteiger partial charge >= 0.3 is 0 Å². The Kier molecular flexibility index (Phi) is 22.1. The summed E-state index contributed by atoms with van der Waals surface area (Å²) in [6.45, 7) is 8.95. The average Bonchev–Trinajstić information content (AvgIpc) is 3.22. The van der Waals surface area contributed by atoms with Crippen LogP contribution < -0.4 is 4.74 Å². The number of hydrogen-bond acceptors (Lipinski definition) is 10. The van der Waals surface area contributed by atoms with Gasteiger partial charge in [0.2, 0.25) is 0 Å². The molecule has 0 unspecified atom stereocenters. The van der Waals surface area contributed by atoms with E-state index in [0.717, 1.165) is 22.4 Å². The molecule has 4 aromatic rings. The van der Waals surface area contributed by atoms with E-state index in [1.807, 2.05) is 84.9 Å². The summed E-state index contributed by atoms with van der Waals surface area (Å²) in [7, 11) is 0. The van der Waals surface area contributed by atoms with Gasteiger partial charge < -0.3 is 47.4 Å². The Labute approximate surface area is 315 Å². The van der Waals surface area contributed by atoms with Gasteiger partial charge in [-0.05, 0) is 28.8 Å². The Morgan fingerprint density at radius 3 is 0.811 bits per heavy atom. The molecule has 0 bridgehead atoms. The van der Waals surface area contributed by atoms with E-state index in [1.165, 1.54) is 0 Å². The monoisotopic (exact) mass is 732 g/mol. The minimum atomic E-state index is -0.750. The Morgan fingerprint density at radius 1 is 0.264 bits per heavy atom. The molecule has 0 fully saturated rings. The number of benzene rings is 4. The number of rotatable bonds is 32. The first-order chi connectivity index (χ1) is 26.4. The van der Waals surface area contributed by atoms with Crippen LogP contribution in [0.5, 0.6) is 5.75 Å².